The molecule has 2 rings (SSSR count). The van der Waals surface area contributed by atoms with Crippen LogP contribution in [0.1, 0.15) is 35.5 Å². The molecule has 0 saturated heterocycles. The maximum atomic E-state index is 6.28. The van der Waals surface area contributed by atoms with Crippen molar-refractivity contribution in [2.75, 3.05) is 5.32 Å². The van der Waals surface area contributed by atoms with Gasteiger partial charge in [-0.15, -0.1) is 0 Å². The molecule has 0 aliphatic heterocycles. The van der Waals surface area contributed by atoms with E-state index in [1.807, 2.05) is 37.7 Å². The Hall–Kier alpha value is -1.19. The molecule has 0 aliphatic rings. The van der Waals surface area contributed by atoms with Gasteiger partial charge in [-0.05, 0) is 45.4 Å². The molecule has 5 heteroatoms. The minimum atomic E-state index is 0.111. The molecule has 1 heterocycles. The molecular weight excluding hydrogens is 293 g/mol. The molecule has 3 nitrogen and oxygen atoms in total. The van der Waals surface area contributed by atoms with Crippen LogP contribution in [0.25, 0.3) is 0 Å². The molecule has 1 unspecified atom stereocenters. The van der Waals surface area contributed by atoms with Gasteiger partial charge in [-0.2, -0.15) is 5.10 Å². The average Bonchev–Trinajstić information content (AvgIpc) is 2.60. The molecular formula is C15H19Cl2N3. The minimum Gasteiger partial charge on any atom is -0.377 e. The first-order valence-electron chi connectivity index (χ1n) is 6.53. The number of anilines is 1. The largest absolute Gasteiger partial charge is 0.377 e. The van der Waals surface area contributed by atoms with Crippen molar-refractivity contribution in [2.24, 2.45) is 7.05 Å². The summed E-state index contributed by atoms with van der Waals surface area (Å²) in [5, 5.41) is 9.26. The Morgan fingerprint density at radius 3 is 2.35 bits per heavy atom. The number of nitrogens with one attached hydrogen (secondary N) is 1. The zero-order valence-electron chi connectivity index (χ0n) is 12.4. The van der Waals surface area contributed by atoms with Gasteiger partial charge in [0.1, 0.15) is 0 Å². The van der Waals surface area contributed by atoms with E-state index < -0.39 is 0 Å². The molecule has 0 amide bonds. The van der Waals surface area contributed by atoms with E-state index in [0.29, 0.717) is 10.0 Å². The number of rotatable bonds is 3. The van der Waals surface area contributed by atoms with Gasteiger partial charge in [0.05, 0.1) is 22.4 Å². The van der Waals surface area contributed by atoms with E-state index in [1.165, 1.54) is 5.56 Å². The Balaban J connectivity index is 2.32. The zero-order chi connectivity index (χ0) is 15.0. The van der Waals surface area contributed by atoms with Crippen LogP contribution in [0.5, 0.6) is 0 Å². The van der Waals surface area contributed by atoms with Crippen LogP contribution in [0.2, 0.25) is 10.0 Å². The molecule has 1 N–H and O–H groups in total. The van der Waals surface area contributed by atoms with Crippen LogP contribution in [-0.2, 0) is 7.05 Å². The zero-order valence-corrected chi connectivity index (χ0v) is 13.9. The number of hydrogen-bond acceptors (Lipinski definition) is 2. The summed E-state index contributed by atoms with van der Waals surface area (Å²) >= 11 is 12.4. The SMILES string of the molecule is Cc1cc(Cl)c(NC(C)c2c(C)nn(C)c2C)cc1Cl. The Morgan fingerprint density at radius 2 is 1.80 bits per heavy atom. The van der Waals surface area contributed by atoms with E-state index in [4.69, 9.17) is 23.2 Å². The van der Waals surface area contributed by atoms with Crippen LogP contribution in [0.15, 0.2) is 12.1 Å². The van der Waals surface area contributed by atoms with Crippen LogP contribution < -0.4 is 5.32 Å². The van der Waals surface area contributed by atoms with Crippen LogP contribution in [0, 0.1) is 20.8 Å². The van der Waals surface area contributed by atoms with Crippen LogP contribution in [-0.4, -0.2) is 9.78 Å². The maximum Gasteiger partial charge on any atom is 0.0649 e. The van der Waals surface area contributed by atoms with Gasteiger partial charge in [0.15, 0.2) is 0 Å². The highest BCUT2D eigenvalue weighted by atomic mass is 35.5. The van der Waals surface area contributed by atoms with Gasteiger partial charge in [0.2, 0.25) is 0 Å². The van der Waals surface area contributed by atoms with Gasteiger partial charge >= 0.3 is 0 Å². The third-order valence-corrected chi connectivity index (χ3v) is 4.34. The fraction of sp³-hybridized carbons (Fsp3) is 0.400. The van der Waals surface area contributed by atoms with Gasteiger partial charge in [0, 0.05) is 23.3 Å². The summed E-state index contributed by atoms with van der Waals surface area (Å²) in [5.74, 6) is 0. The number of hydrogen-bond donors (Lipinski definition) is 1. The highest BCUT2D eigenvalue weighted by molar-refractivity contribution is 6.35. The lowest BCUT2D eigenvalue weighted by Gasteiger charge is -2.18. The Labute approximate surface area is 129 Å². The lowest BCUT2D eigenvalue weighted by molar-refractivity contribution is 0.728. The van der Waals surface area contributed by atoms with Crippen LogP contribution in [0.4, 0.5) is 5.69 Å². The van der Waals surface area contributed by atoms with Crippen molar-refractivity contribution in [3.8, 4) is 0 Å². The minimum absolute atomic E-state index is 0.111. The molecule has 108 valence electrons. The summed E-state index contributed by atoms with van der Waals surface area (Å²) in [7, 11) is 1.95. The number of benzene rings is 1. The van der Waals surface area contributed by atoms with E-state index in [9.17, 15) is 0 Å². The van der Waals surface area contributed by atoms with Crippen molar-refractivity contribution >= 4 is 28.9 Å². The van der Waals surface area contributed by atoms with Gasteiger partial charge in [-0.1, -0.05) is 23.2 Å². The summed E-state index contributed by atoms with van der Waals surface area (Å²) in [6.45, 7) is 8.12. The van der Waals surface area contributed by atoms with Gasteiger partial charge in [-0.3, -0.25) is 4.68 Å². The van der Waals surface area contributed by atoms with Crippen molar-refractivity contribution in [2.45, 2.75) is 33.7 Å². The maximum absolute atomic E-state index is 6.28. The summed E-state index contributed by atoms with van der Waals surface area (Å²) in [6.07, 6.45) is 0. The van der Waals surface area contributed by atoms with Gasteiger partial charge in [0.25, 0.3) is 0 Å². The molecule has 1 atom stereocenters. The van der Waals surface area contributed by atoms with E-state index in [0.717, 1.165) is 22.6 Å². The normalized spacial score (nSPS) is 12.6. The molecule has 1 aromatic heterocycles. The molecule has 0 aliphatic carbocycles. The second-order valence-electron chi connectivity index (χ2n) is 5.16. The quantitative estimate of drug-likeness (QED) is 0.880. The predicted molar refractivity (Wildman–Crippen MR) is 85.9 cm³/mol. The Kier molecular flexibility index (Phi) is 4.31. The van der Waals surface area contributed by atoms with Gasteiger partial charge < -0.3 is 5.32 Å². The topological polar surface area (TPSA) is 29.9 Å². The van der Waals surface area contributed by atoms with E-state index in [2.05, 4.69) is 24.3 Å². The first-order chi connectivity index (χ1) is 9.31. The van der Waals surface area contributed by atoms with Crippen molar-refractivity contribution < 1.29 is 0 Å². The second kappa shape index (κ2) is 5.66. The standard InChI is InChI=1S/C15H19Cl2N3/c1-8-6-13(17)14(7-12(8)16)18-9(2)15-10(3)19-20(5)11(15)4/h6-7,9,18H,1-5H3. The fourth-order valence-electron chi connectivity index (χ4n) is 2.48. The van der Waals surface area contributed by atoms with Crippen LogP contribution in [0.3, 0.4) is 0 Å². The summed E-state index contributed by atoms with van der Waals surface area (Å²) < 4.78 is 1.90. The van der Waals surface area contributed by atoms with Gasteiger partial charge in [-0.25, -0.2) is 0 Å². The highest BCUT2D eigenvalue weighted by Crippen LogP contribution is 2.32. The first-order valence-corrected chi connectivity index (χ1v) is 7.29. The Morgan fingerprint density at radius 1 is 1.15 bits per heavy atom. The van der Waals surface area contributed by atoms with Crippen molar-refractivity contribution in [1.82, 2.24) is 9.78 Å². The van der Waals surface area contributed by atoms with Crippen molar-refractivity contribution in [3.05, 3.63) is 44.7 Å². The fourth-order valence-corrected chi connectivity index (χ4v) is 2.92. The number of nitrogens with zero attached hydrogens (tertiary/aromatic N) is 2. The monoisotopic (exact) mass is 311 g/mol. The molecule has 0 bridgehead atoms. The molecule has 0 saturated carbocycles. The van der Waals surface area contributed by atoms with E-state index in [-0.39, 0.29) is 6.04 Å². The molecule has 1 aromatic carbocycles. The Bertz CT molecular complexity index is 647. The molecule has 20 heavy (non-hydrogen) atoms. The molecule has 0 radical (unpaired) electrons. The second-order valence-corrected chi connectivity index (χ2v) is 5.97. The number of aryl methyl sites for hydroxylation is 3. The van der Waals surface area contributed by atoms with Crippen molar-refractivity contribution in [3.63, 3.8) is 0 Å². The van der Waals surface area contributed by atoms with Crippen LogP contribution >= 0.6 is 23.2 Å². The predicted octanol–water partition coefficient (Wildman–Crippen LogP) is 4.83. The number of aromatic nitrogens is 2. The first kappa shape index (κ1) is 15.2. The lowest BCUT2D eigenvalue weighted by Crippen LogP contribution is -2.09. The summed E-state index contributed by atoms with van der Waals surface area (Å²) in [4.78, 5) is 0. The molecule has 0 spiro atoms. The van der Waals surface area contributed by atoms with Crippen molar-refractivity contribution in [1.29, 1.82) is 0 Å². The highest BCUT2D eigenvalue weighted by Gasteiger charge is 2.17. The molecule has 2 aromatic rings. The smallest absolute Gasteiger partial charge is 0.0649 e. The lowest BCUT2D eigenvalue weighted by atomic mass is 10.1. The molecule has 0 fully saturated rings. The summed E-state index contributed by atoms with van der Waals surface area (Å²) in [5.41, 5.74) is 5.19. The van der Waals surface area contributed by atoms with E-state index >= 15 is 0 Å². The summed E-state index contributed by atoms with van der Waals surface area (Å²) in [6, 6.07) is 3.86. The average molecular weight is 312 g/mol. The van der Waals surface area contributed by atoms with E-state index in [1.54, 1.807) is 0 Å². The third kappa shape index (κ3) is 2.79. The third-order valence-electron chi connectivity index (χ3n) is 3.62. The number of halogens is 2.